The fourth-order valence-electron chi connectivity index (χ4n) is 2.38. The van der Waals surface area contributed by atoms with E-state index < -0.39 is 11.9 Å². The van der Waals surface area contributed by atoms with E-state index in [0.717, 1.165) is 0 Å². The Balaban J connectivity index is 1.70. The molecule has 7 heteroatoms. The summed E-state index contributed by atoms with van der Waals surface area (Å²) in [6.45, 7) is 0. The predicted molar refractivity (Wildman–Crippen MR) is 109 cm³/mol. The Morgan fingerprint density at radius 2 is 1.69 bits per heavy atom. The molecule has 0 heterocycles. The molecule has 0 bridgehead atoms. The van der Waals surface area contributed by atoms with Crippen molar-refractivity contribution >= 4 is 29.7 Å². The van der Waals surface area contributed by atoms with Gasteiger partial charge < -0.3 is 4.74 Å². The Kier molecular flexibility index (Phi) is 6.36. The second-order valence-electron chi connectivity index (χ2n) is 5.80. The molecule has 1 N–H and O–H groups in total. The molecular weight excluding hydrogens is 390 g/mol. The van der Waals surface area contributed by atoms with Crippen molar-refractivity contribution in [2.75, 3.05) is 0 Å². The molecule has 3 rings (SSSR count). The summed E-state index contributed by atoms with van der Waals surface area (Å²) < 4.78 is 5.42. The van der Waals surface area contributed by atoms with Crippen molar-refractivity contribution < 1.29 is 14.3 Å². The van der Waals surface area contributed by atoms with E-state index in [-0.39, 0.29) is 11.3 Å². The minimum Gasteiger partial charge on any atom is -0.422 e. The molecule has 3 aromatic carbocycles. The second-order valence-corrected chi connectivity index (χ2v) is 6.20. The largest absolute Gasteiger partial charge is 0.422 e. The van der Waals surface area contributed by atoms with Gasteiger partial charge in [-0.2, -0.15) is 10.4 Å². The average Bonchev–Trinajstić information content (AvgIpc) is 2.75. The lowest BCUT2D eigenvalue weighted by Gasteiger charge is -2.08. The molecule has 6 nitrogen and oxygen atoms in total. The number of benzene rings is 3. The van der Waals surface area contributed by atoms with Crippen LogP contribution in [-0.2, 0) is 0 Å². The Labute approximate surface area is 172 Å². The molecule has 0 aliphatic heterocycles. The molecule has 1 amide bonds. The van der Waals surface area contributed by atoms with Crippen molar-refractivity contribution in [3.05, 3.63) is 100 Å². The van der Waals surface area contributed by atoms with Crippen LogP contribution in [-0.4, -0.2) is 18.1 Å². The highest BCUT2D eigenvalue weighted by Crippen LogP contribution is 2.21. The third-order valence-electron chi connectivity index (χ3n) is 3.86. The lowest BCUT2D eigenvalue weighted by Crippen LogP contribution is -2.17. The molecule has 0 aliphatic rings. The van der Waals surface area contributed by atoms with E-state index in [4.69, 9.17) is 21.6 Å². The molecule has 142 valence electrons. The SMILES string of the molecule is N#Cc1ccc(C(=O)N/N=C\c2ccccc2OC(=O)c2ccccc2Cl)cc1. The fraction of sp³-hybridized carbons (Fsp3) is 0. The zero-order valence-electron chi connectivity index (χ0n) is 15.0. The van der Waals surface area contributed by atoms with Crippen LogP contribution in [0.15, 0.2) is 77.9 Å². The Morgan fingerprint density at radius 1 is 1.00 bits per heavy atom. The van der Waals surface area contributed by atoms with Gasteiger partial charge in [0.05, 0.1) is 28.4 Å². The minimum atomic E-state index is -0.599. The molecule has 0 spiro atoms. The summed E-state index contributed by atoms with van der Waals surface area (Å²) in [6, 6.07) is 21.5. The van der Waals surface area contributed by atoms with Crippen LogP contribution < -0.4 is 10.2 Å². The van der Waals surface area contributed by atoms with Crippen molar-refractivity contribution in [1.29, 1.82) is 5.26 Å². The van der Waals surface area contributed by atoms with E-state index in [1.165, 1.54) is 18.3 Å². The summed E-state index contributed by atoms with van der Waals surface area (Å²) in [4.78, 5) is 24.5. The normalized spacial score (nSPS) is 10.3. The summed E-state index contributed by atoms with van der Waals surface area (Å²) >= 11 is 6.03. The van der Waals surface area contributed by atoms with Gasteiger partial charge in [0.2, 0.25) is 0 Å². The lowest BCUT2D eigenvalue weighted by molar-refractivity contribution is 0.0734. The number of nitrogens with one attached hydrogen (secondary N) is 1. The molecule has 29 heavy (non-hydrogen) atoms. The molecule has 0 aromatic heterocycles. The van der Waals surface area contributed by atoms with Gasteiger partial charge in [-0.05, 0) is 48.5 Å². The van der Waals surface area contributed by atoms with Crippen molar-refractivity contribution in [2.45, 2.75) is 0 Å². The minimum absolute atomic E-state index is 0.245. The molecule has 0 saturated carbocycles. The van der Waals surface area contributed by atoms with E-state index >= 15 is 0 Å². The number of ether oxygens (including phenoxy) is 1. The molecule has 0 aliphatic carbocycles. The lowest BCUT2D eigenvalue weighted by atomic mass is 10.1. The first kappa shape index (κ1) is 19.8. The Bertz CT molecular complexity index is 1120. The van der Waals surface area contributed by atoms with Gasteiger partial charge in [0.15, 0.2) is 0 Å². The molecule has 0 fully saturated rings. The highest BCUT2D eigenvalue weighted by Gasteiger charge is 2.13. The van der Waals surface area contributed by atoms with Gasteiger partial charge in [0.25, 0.3) is 5.91 Å². The van der Waals surface area contributed by atoms with Gasteiger partial charge in [-0.15, -0.1) is 0 Å². The number of halogens is 1. The standard InChI is InChI=1S/C22H14ClN3O3/c23-19-7-3-2-6-18(19)22(28)29-20-8-4-1-5-17(20)14-25-26-21(27)16-11-9-15(13-24)10-12-16/h1-12,14H,(H,26,27)/b25-14-. The Hall–Kier alpha value is -3.95. The molecule has 3 aromatic rings. The maximum Gasteiger partial charge on any atom is 0.345 e. The highest BCUT2D eigenvalue weighted by atomic mass is 35.5. The van der Waals surface area contributed by atoms with Crippen LogP contribution in [0.1, 0.15) is 31.8 Å². The number of nitrogens with zero attached hydrogens (tertiary/aromatic N) is 2. The maximum atomic E-state index is 12.4. The van der Waals surface area contributed by atoms with Crippen molar-refractivity contribution in [3.8, 4) is 11.8 Å². The third kappa shape index (κ3) is 5.06. The number of carbonyl (C=O) groups is 2. The number of amides is 1. The van der Waals surface area contributed by atoms with Crippen LogP contribution >= 0.6 is 11.6 Å². The van der Waals surface area contributed by atoms with Gasteiger partial charge in [-0.1, -0.05) is 35.9 Å². The van der Waals surface area contributed by atoms with Crippen LogP contribution in [0.25, 0.3) is 0 Å². The monoisotopic (exact) mass is 403 g/mol. The number of rotatable bonds is 5. The molecule has 0 atom stereocenters. The highest BCUT2D eigenvalue weighted by molar-refractivity contribution is 6.33. The summed E-state index contributed by atoms with van der Waals surface area (Å²) in [5.41, 5.74) is 3.95. The van der Waals surface area contributed by atoms with Crippen LogP contribution in [0.3, 0.4) is 0 Å². The first-order valence-electron chi connectivity index (χ1n) is 8.48. The predicted octanol–water partition coefficient (Wildman–Crippen LogP) is 4.19. The quantitative estimate of drug-likeness (QED) is 0.299. The van der Waals surface area contributed by atoms with Crippen LogP contribution in [0, 0.1) is 11.3 Å². The van der Waals surface area contributed by atoms with Gasteiger partial charge in [0, 0.05) is 11.1 Å². The summed E-state index contributed by atoms with van der Waals surface area (Å²) in [6.07, 6.45) is 1.37. The number of para-hydroxylation sites is 1. The van der Waals surface area contributed by atoms with E-state index in [1.807, 2.05) is 6.07 Å². The van der Waals surface area contributed by atoms with E-state index in [0.29, 0.717) is 21.7 Å². The zero-order valence-corrected chi connectivity index (χ0v) is 15.8. The van der Waals surface area contributed by atoms with Crippen LogP contribution in [0.5, 0.6) is 5.75 Å². The topological polar surface area (TPSA) is 91.6 Å². The van der Waals surface area contributed by atoms with E-state index in [2.05, 4.69) is 10.5 Å². The average molecular weight is 404 g/mol. The number of hydrogen-bond donors (Lipinski definition) is 1. The number of hydrazone groups is 1. The van der Waals surface area contributed by atoms with Crippen molar-refractivity contribution in [3.63, 3.8) is 0 Å². The smallest absolute Gasteiger partial charge is 0.345 e. The zero-order chi connectivity index (χ0) is 20.6. The van der Waals surface area contributed by atoms with Crippen LogP contribution in [0.2, 0.25) is 5.02 Å². The van der Waals surface area contributed by atoms with Gasteiger partial charge in [-0.3, -0.25) is 4.79 Å². The molecular formula is C22H14ClN3O3. The van der Waals surface area contributed by atoms with Gasteiger partial charge in [0.1, 0.15) is 5.75 Å². The van der Waals surface area contributed by atoms with Crippen molar-refractivity contribution in [2.24, 2.45) is 5.10 Å². The van der Waals surface area contributed by atoms with E-state index in [1.54, 1.807) is 60.7 Å². The fourth-order valence-corrected chi connectivity index (χ4v) is 2.60. The number of nitriles is 1. The van der Waals surface area contributed by atoms with Gasteiger partial charge in [-0.25, -0.2) is 10.2 Å². The molecule has 0 radical (unpaired) electrons. The summed E-state index contributed by atoms with van der Waals surface area (Å²) in [5, 5.41) is 13.0. The number of esters is 1. The molecule has 0 saturated heterocycles. The Morgan fingerprint density at radius 3 is 2.41 bits per heavy atom. The van der Waals surface area contributed by atoms with E-state index in [9.17, 15) is 9.59 Å². The summed E-state index contributed by atoms with van der Waals surface area (Å²) in [7, 11) is 0. The molecule has 0 unspecified atom stereocenters. The summed E-state index contributed by atoms with van der Waals surface area (Å²) in [5.74, 6) is -0.761. The van der Waals surface area contributed by atoms with Crippen LogP contribution in [0.4, 0.5) is 0 Å². The number of carbonyl (C=O) groups excluding carboxylic acids is 2. The number of hydrogen-bond acceptors (Lipinski definition) is 5. The third-order valence-corrected chi connectivity index (χ3v) is 4.19. The first-order chi connectivity index (χ1) is 14.1. The van der Waals surface area contributed by atoms with Gasteiger partial charge >= 0.3 is 5.97 Å². The first-order valence-corrected chi connectivity index (χ1v) is 8.85. The second kappa shape index (κ2) is 9.31. The maximum absolute atomic E-state index is 12.4. The van der Waals surface area contributed by atoms with Crippen molar-refractivity contribution in [1.82, 2.24) is 5.43 Å².